The van der Waals surface area contributed by atoms with Crippen LogP contribution in [0.3, 0.4) is 0 Å². The molecule has 23 heavy (non-hydrogen) atoms. The van der Waals surface area contributed by atoms with E-state index >= 15 is 0 Å². The Morgan fingerprint density at radius 2 is 2.30 bits per heavy atom. The molecule has 0 amide bonds. The maximum absolute atomic E-state index is 6.01. The van der Waals surface area contributed by atoms with E-state index < -0.39 is 0 Å². The standard InChI is InChI=1S/C16H23ClN4O.HI/c1-18-15(21-10-7-16(12-21)5-3-6-16)20-9-11-22-14-13(17)4-2-8-19-14;/h2,4,8H,3,5-7,9-12H2,1H3,(H,18,20);1H. The quantitative estimate of drug-likeness (QED) is 0.331. The van der Waals surface area contributed by atoms with Crippen molar-refractivity contribution in [3.05, 3.63) is 23.4 Å². The highest BCUT2D eigenvalue weighted by molar-refractivity contribution is 14.0. The first-order chi connectivity index (χ1) is 10.7. The molecular weight excluding hydrogens is 427 g/mol. The second kappa shape index (κ2) is 8.37. The van der Waals surface area contributed by atoms with Crippen LogP contribution in [0.15, 0.2) is 23.3 Å². The van der Waals surface area contributed by atoms with Gasteiger partial charge in [0.25, 0.3) is 0 Å². The third kappa shape index (κ3) is 4.41. The zero-order valence-electron chi connectivity index (χ0n) is 13.4. The Morgan fingerprint density at radius 3 is 2.91 bits per heavy atom. The van der Waals surface area contributed by atoms with Gasteiger partial charge < -0.3 is 15.0 Å². The normalized spacial score (nSPS) is 19.2. The van der Waals surface area contributed by atoms with Gasteiger partial charge in [0.2, 0.25) is 5.88 Å². The van der Waals surface area contributed by atoms with Crippen LogP contribution in [0, 0.1) is 5.41 Å². The van der Waals surface area contributed by atoms with Crippen molar-refractivity contribution in [3.8, 4) is 5.88 Å². The molecular formula is C16H24ClIN4O. The number of guanidine groups is 1. The van der Waals surface area contributed by atoms with Gasteiger partial charge >= 0.3 is 0 Å². The van der Waals surface area contributed by atoms with E-state index in [1.54, 1.807) is 18.3 Å². The number of halogens is 2. The summed E-state index contributed by atoms with van der Waals surface area (Å²) in [6, 6.07) is 3.57. The molecule has 1 N–H and O–H groups in total. The lowest BCUT2D eigenvalue weighted by Gasteiger charge is -2.38. The van der Waals surface area contributed by atoms with Crippen LogP contribution in [-0.4, -0.2) is 49.1 Å². The van der Waals surface area contributed by atoms with E-state index in [0.717, 1.165) is 19.0 Å². The predicted octanol–water partition coefficient (Wildman–Crippen LogP) is 3.18. The summed E-state index contributed by atoms with van der Waals surface area (Å²) in [4.78, 5) is 10.9. The smallest absolute Gasteiger partial charge is 0.232 e. The molecule has 7 heteroatoms. The summed E-state index contributed by atoms with van der Waals surface area (Å²) >= 11 is 6.01. The molecule has 0 unspecified atom stereocenters. The fraction of sp³-hybridized carbons (Fsp3) is 0.625. The van der Waals surface area contributed by atoms with E-state index in [-0.39, 0.29) is 24.0 Å². The molecule has 1 aliphatic carbocycles. The molecule has 2 aliphatic rings. The highest BCUT2D eigenvalue weighted by Gasteiger charge is 2.43. The third-order valence-electron chi connectivity index (χ3n) is 4.71. The molecule has 1 aliphatic heterocycles. The van der Waals surface area contributed by atoms with E-state index in [2.05, 4.69) is 20.2 Å². The molecule has 0 bridgehead atoms. The lowest BCUT2D eigenvalue weighted by molar-refractivity contribution is 0.151. The predicted molar refractivity (Wildman–Crippen MR) is 104 cm³/mol. The summed E-state index contributed by atoms with van der Waals surface area (Å²) in [6.45, 7) is 3.43. The van der Waals surface area contributed by atoms with Gasteiger partial charge in [0.1, 0.15) is 11.6 Å². The van der Waals surface area contributed by atoms with Crippen LogP contribution >= 0.6 is 35.6 Å². The minimum atomic E-state index is 0. The monoisotopic (exact) mass is 450 g/mol. The second-order valence-electron chi connectivity index (χ2n) is 6.14. The Hall–Kier alpha value is -0.760. The molecule has 0 radical (unpaired) electrons. The van der Waals surface area contributed by atoms with E-state index in [4.69, 9.17) is 16.3 Å². The van der Waals surface area contributed by atoms with Crippen molar-refractivity contribution in [2.24, 2.45) is 10.4 Å². The van der Waals surface area contributed by atoms with Gasteiger partial charge in [-0.3, -0.25) is 4.99 Å². The summed E-state index contributed by atoms with van der Waals surface area (Å²) in [5, 5.41) is 3.91. The summed E-state index contributed by atoms with van der Waals surface area (Å²) < 4.78 is 5.59. The minimum Gasteiger partial charge on any atom is -0.475 e. The summed E-state index contributed by atoms with van der Waals surface area (Å²) in [6.07, 6.45) is 7.12. The number of nitrogens with zero attached hydrogens (tertiary/aromatic N) is 3. The molecule has 1 aromatic heterocycles. The van der Waals surface area contributed by atoms with Crippen LogP contribution in [0.1, 0.15) is 25.7 Å². The Bertz CT molecular complexity index is 551. The van der Waals surface area contributed by atoms with E-state index in [9.17, 15) is 0 Å². The minimum absolute atomic E-state index is 0. The summed E-state index contributed by atoms with van der Waals surface area (Å²) in [7, 11) is 1.84. The average Bonchev–Trinajstić information content (AvgIpc) is 2.95. The summed E-state index contributed by atoms with van der Waals surface area (Å²) in [5.41, 5.74) is 0.579. The fourth-order valence-corrected chi connectivity index (χ4v) is 3.50. The Balaban J connectivity index is 0.00000192. The van der Waals surface area contributed by atoms with Crippen LogP contribution in [0.5, 0.6) is 5.88 Å². The number of pyridine rings is 1. The third-order valence-corrected chi connectivity index (χ3v) is 5.00. The first kappa shape index (κ1) is 18.6. The number of hydrogen-bond donors (Lipinski definition) is 1. The lowest BCUT2D eigenvalue weighted by Crippen LogP contribution is -2.43. The van der Waals surface area contributed by atoms with Crippen molar-refractivity contribution in [1.29, 1.82) is 0 Å². The molecule has 2 heterocycles. The first-order valence-electron chi connectivity index (χ1n) is 7.91. The van der Waals surface area contributed by atoms with E-state index in [1.807, 2.05) is 7.05 Å². The number of ether oxygens (including phenoxy) is 1. The van der Waals surface area contributed by atoms with E-state index in [0.29, 0.717) is 29.5 Å². The molecule has 128 valence electrons. The molecule has 3 rings (SSSR count). The number of hydrogen-bond acceptors (Lipinski definition) is 3. The molecule has 5 nitrogen and oxygen atoms in total. The lowest BCUT2D eigenvalue weighted by atomic mass is 9.68. The van der Waals surface area contributed by atoms with Gasteiger partial charge in [-0.1, -0.05) is 18.0 Å². The van der Waals surface area contributed by atoms with Crippen molar-refractivity contribution >= 4 is 41.5 Å². The first-order valence-corrected chi connectivity index (χ1v) is 8.29. The Kier molecular flexibility index (Phi) is 6.76. The van der Waals surface area contributed by atoms with Crippen molar-refractivity contribution in [1.82, 2.24) is 15.2 Å². The molecule has 0 atom stereocenters. The fourth-order valence-electron chi connectivity index (χ4n) is 3.32. The number of nitrogens with one attached hydrogen (secondary N) is 1. The number of likely N-dealkylation sites (tertiary alicyclic amines) is 1. The van der Waals surface area contributed by atoms with Gasteiger partial charge in [-0.05, 0) is 36.8 Å². The van der Waals surface area contributed by atoms with Gasteiger partial charge in [0.15, 0.2) is 5.96 Å². The maximum atomic E-state index is 6.01. The maximum Gasteiger partial charge on any atom is 0.232 e. The number of aromatic nitrogens is 1. The highest BCUT2D eigenvalue weighted by Crippen LogP contribution is 2.47. The summed E-state index contributed by atoms with van der Waals surface area (Å²) in [5.74, 6) is 1.45. The Morgan fingerprint density at radius 1 is 1.48 bits per heavy atom. The van der Waals surface area contributed by atoms with Crippen molar-refractivity contribution in [2.75, 3.05) is 33.3 Å². The molecule has 1 saturated carbocycles. The zero-order chi connectivity index (χ0) is 15.4. The average molecular weight is 451 g/mol. The topological polar surface area (TPSA) is 49.8 Å². The number of aliphatic imine (C=N–C) groups is 1. The zero-order valence-corrected chi connectivity index (χ0v) is 16.5. The van der Waals surface area contributed by atoms with Crippen molar-refractivity contribution in [3.63, 3.8) is 0 Å². The second-order valence-corrected chi connectivity index (χ2v) is 6.55. The molecule has 1 saturated heterocycles. The Labute approximate surface area is 159 Å². The largest absolute Gasteiger partial charge is 0.475 e. The molecule has 0 aromatic carbocycles. The van der Waals surface area contributed by atoms with Crippen LogP contribution in [0.25, 0.3) is 0 Å². The van der Waals surface area contributed by atoms with Crippen LogP contribution in [0.4, 0.5) is 0 Å². The van der Waals surface area contributed by atoms with E-state index in [1.165, 1.54) is 25.7 Å². The van der Waals surface area contributed by atoms with Crippen molar-refractivity contribution < 1.29 is 4.74 Å². The van der Waals surface area contributed by atoms with Crippen LogP contribution < -0.4 is 10.1 Å². The highest BCUT2D eigenvalue weighted by atomic mass is 127. The van der Waals surface area contributed by atoms with Gasteiger partial charge in [-0.25, -0.2) is 4.98 Å². The SMILES string of the molecule is CN=C(NCCOc1ncccc1Cl)N1CCC2(CCC2)C1.I. The van der Waals surface area contributed by atoms with Gasteiger partial charge in [-0.2, -0.15) is 0 Å². The van der Waals surface area contributed by atoms with Gasteiger partial charge in [0, 0.05) is 26.3 Å². The molecule has 2 fully saturated rings. The molecule has 1 aromatic rings. The van der Waals surface area contributed by atoms with Gasteiger partial charge in [0.05, 0.1) is 6.54 Å². The number of rotatable bonds is 4. The van der Waals surface area contributed by atoms with Crippen molar-refractivity contribution in [2.45, 2.75) is 25.7 Å². The molecule has 1 spiro atoms. The van der Waals surface area contributed by atoms with Gasteiger partial charge in [-0.15, -0.1) is 24.0 Å². The van der Waals surface area contributed by atoms with Crippen LogP contribution in [-0.2, 0) is 0 Å². The van der Waals surface area contributed by atoms with Crippen LogP contribution in [0.2, 0.25) is 5.02 Å².